The second-order valence-electron chi connectivity index (χ2n) is 6.62. The number of nitrogens with zero attached hydrogens (tertiary/aromatic N) is 4. The number of benzene rings is 2. The number of methoxy groups -OCH3 is 1. The first kappa shape index (κ1) is 18.0. The van der Waals surface area contributed by atoms with Gasteiger partial charge in [-0.05, 0) is 24.3 Å². The van der Waals surface area contributed by atoms with Gasteiger partial charge in [-0.2, -0.15) is 0 Å². The van der Waals surface area contributed by atoms with Gasteiger partial charge >= 0.3 is 0 Å². The van der Waals surface area contributed by atoms with Crippen molar-refractivity contribution in [1.29, 1.82) is 0 Å². The van der Waals surface area contributed by atoms with Gasteiger partial charge in [0.1, 0.15) is 5.75 Å². The Bertz CT molecular complexity index is 936. The van der Waals surface area contributed by atoms with Crippen molar-refractivity contribution in [3.63, 3.8) is 0 Å². The smallest absolute Gasteiger partial charge is 0.257 e. The summed E-state index contributed by atoms with van der Waals surface area (Å²) in [5.74, 6) is 1.45. The summed E-state index contributed by atoms with van der Waals surface area (Å²) in [6.07, 6.45) is 0. The first-order chi connectivity index (χ1) is 13.8. The Hall–Kier alpha value is -3.41. The standard InChI is InChI=1S/C22H22N4O2/c1-28-20-10-6-5-9-18(20)22(27)26-15-13-25(14-16-26)21-12-11-19(23-24-21)17-7-3-2-4-8-17/h2-12H,13-16H2,1H3. The quantitative estimate of drug-likeness (QED) is 0.702. The Morgan fingerprint density at radius 3 is 2.25 bits per heavy atom. The molecular formula is C22H22N4O2. The SMILES string of the molecule is COc1ccccc1C(=O)N1CCN(c2ccc(-c3ccccc3)nn2)CC1. The van der Waals surface area contributed by atoms with E-state index in [0.29, 0.717) is 24.4 Å². The van der Waals surface area contributed by atoms with Gasteiger partial charge in [-0.25, -0.2) is 0 Å². The third-order valence-electron chi connectivity index (χ3n) is 4.95. The average molecular weight is 374 g/mol. The number of carbonyl (C=O) groups is 1. The Morgan fingerprint density at radius 2 is 1.57 bits per heavy atom. The molecule has 0 atom stereocenters. The van der Waals surface area contributed by atoms with Crippen molar-refractivity contribution in [2.24, 2.45) is 0 Å². The maximum atomic E-state index is 12.8. The Morgan fingerprint density at radius 1 is 0.857 bits per heavy atom. The van der Waals surface area contributed by atoms with Crippen LogP contribution in [0.5, 0.6) is 5.75 Å². The Balaban J connectivity index is 1.41. The zero-order valence-electron chi connectivity index (χ0n) is 15.8. The van der Waals surface area contributed by atoms with Crippen molar-refractivity contribution < 1.29 is 9.53 Å². The molecule has 1 saturated heterocycles. The number of piperazine rings is 1. The third-order valence-corrected chi connectivity index (χ3v) is 4.95. The molecule has 0 unspecified atom stereocenters. The highest BCUT2D eigenvalue weighted by Gasteiger charge is 2.24. The summed E-state index contributed by atoms with van der Waals surface area (Å²) in [6.45, 7) is 2.72. The zero-order chi connectivity index (χ0) is 19.3. The molecule has 0 N–H and O–H groups in total. The summed E-state index contributed by atoms with van der Waals surface area (Å²) in [5, 5.41) is 8.75. The molecule has 6 nitrogen and oxygen atoms in total. The number of anilines is 1. The molecule has 1 fully saturated rings. The van der Waals surface area contributed by atoms with E-state index >= 15 is 0 Å². The van der Waals surface area contributed by atoms with Gasteiger partial charge in [-0.1, -0.05) is 42.5 Å². The molecule has 0 radical (unpaired) electrons. The van der Waals surface area contributed by atoms with E-state index in [1.165, 1.54) is 0 Å². The average Bonchev–Trinajstić information content (AvgIpc) is 2.79. The van der Waals surface area contributed by atoms with Gasteiger partial charge in [0.25, 0.3) is 5.91 Å². The first-order valence-corrected chi connectivity index (χ1v) is 9.32. The number of hydrogen-bond acceptors (Lipinski definition) is 5. The van der Waals surface area contributed by atoms with E-state index in [0.717, 1.165) is 30.2 Å². The third kappa shape index (κ3) is 3.67. The van der Waals surface area contributed by atoms with Crippen LogP contribution in [0.2, 0.25) is 0 Å². The molecule has 3 aromatic rings. The maximum absolute atomic E-state index is 12.8. The van der Waals surface area contributed by atoms with E-state index in [2.05, 4.69) is 15.1 Å². The minimum absolute atomic E-state index is 0.00242. The lowest BCUT2D eigenvalue weighted by Gasteiger charge is -2.35. The second kappa shape index (κ2) is 8.08. The lowest BCUT2D eigenvalue weighted by atomic mass is 10.1. The molecule has 1 amide bonds. The van der Waals surface area contributed by atoms with Crippen molar-refractivity contribution in [2.45, 2.75) is 0 Å². The van der Waals surface area contributed by atoms with E-state index in [4.69, 9.17) is 4.74 Å². The van der Waals surface area contributed by atoms with Crippen LogP contribution in [-0.4, -0.2) is 54.3 Å². The number of aromatic nitrogens is 2. The number of rotatable bonds is 4. The molecule has 28 heavy (non-hydrogen) atoms. The lowest BCUT2D eigenvalue weighted by Crippen LogP contribution is -2.49. The molecule has 2 aromatic carbocycles. The van der Waals surface area contributed by atoms with Crippen LogP contribution in [0.15, 0.2) is 66.7 Å². The van der Waals surface area contributed by atoms with Crippen molar-refractivity contribution in [3.8, 4) is 17.0 Å². The van der Waals surface area contributed by atoms with Crippen LogP contribution in [0, 0.1) is 0 Å². The molecular weight excluding hydrogens is 352 g/mol. The molecule has 4 rings (SSSR count). The minimum atomic E-state index is 0.00242. The van der Waals surface area contributed by atoms with Crippen molar-refractivity contribution in [2.75, 3.05) is 38.2 Å². The largest absolute Gasteiger partial charge is 0.496 e. The number of hydrogen-bond donors (Lipinski definition) is 0. The summed E-state index contributed by atoms with van der Waals surface area (Å²) < 4.78 is 5.32. The topological polar surface area (TPSA) is 58.6 Å². The molecule has 2 heterocycles. The molecule has 0 bridgehead atoms. The monoisotopic (exact) mass is 374 g/mol. The molecule has 0 aliphatic carbocycles. The van der Waals surface area contributed by atoms with Crippen LogP contribution in [0.25, 0.3) is 11.3 Å². The van der Waals surface area contributed by atoms with Crippen LogP contribution in [-0.2, 0) is 0 Å². The van der Waals surface area contributed by atoms with E-state index < -0.39 is 0 Å². The van der Waals surface area contributed by atoms with Crippen LogP contribution >= 0.6 is 0 Å². The summed E-state index contributed by atoms with van der Waals surface area (Å²) >= 11 is 0. The van der Waals surface area contributed by atoms with Gasteiger partial charge < -0.3 is 14.5 Å². The Labute approximate surface area is 164 Å². The molecule has 0 saturated carbocycles. The molecule has 142 valence electrons. The van der Waals surface area contributed by atoms with Gasteiger partial charge in [0.05, 0.1) is 18.4 Å². The fourth-order valence-electron chi connectivity index (χ4n) is 3.39. The minimum Gasteiger partial charge on any atom is -0.496 e. The lowest BCUT2D eigenvalue weighted by molar-refractivity contribution is 0.0743. The van der Waals surface area contributed by atoms with Crippen LogP contribution < -0.4 is 9.64 Å². The molecule has 1 aliphatic heterocycles. The number of carbonyl (C=O) groups excluding carboxylic acids is 1. The predicted octanol–water partition coefficient (Wildman–Crippen LogP) is 3.11. The van der Waals surface area contributed by atoms with Crippen LogP contribution in [0.4, 0.5) is 5.82 Å². The van der Waals surface area contributed by atoms with Crippen LogP contribution in [0.1, 0.15) is 10.4 Å². The second-order valence-corrected chi connectivity index (χ2v) is 6.62. The molecule has 1 aliphatic rings. The molecule has 0 spiro atoms. The fraction of sp³-hybridized carbons (Fsp3) is 0.227. The number of amides is 1. The maximum Gasteiger partial charge on any atom is 0.257 e. The summed E-state index contributed by atoms with van der Waals surface area (Å²) in [4.78, 5) is 16.8. The normalized spacial score (nSPS) is 14.0. The van der Waals surface area contributed by atoms with Gasteiger partial charge in [0.15, 0.2) is 5.82 Å². The van der Waals surface area contributed by atoms with E-state index in [1.54, 1.807) is 13.2 Å². The highest BCUT2D eigenvalue weighted by molar-refractivity contribution is 5.97. The number of ether oxygens (including phenoxy) is 1. The summed E-state index contributed by atoms with van der Waals surface area (Å²) in [7, 11) is 1.59. The van der Waals surface area contributed by atoms with Gasteiger partial charge in [-0.3, -0.25) is 4.79 Å². The summed E-state index contributed by atoms with van der Waals surface area (Å²) in [5.41, 5.74) is 2.51. The van der Waals surface area contributed by atoms with Gasteiger partial charge in [0, 0.05) is 31.7 Å². The van der Waals surface area contributed by atoms with E-state index in [1.807, 2.05) is 65.6 Å². The van der Waals surface area contributed by atoms with E-state index in [-0.39, 0.29) is 5.91 Å². The van der Waals surface area contributed by atoms with Gasteiger partial charge in [-0.15, -0.1) is 10.2 Å². The van der Waals surface area contributed by atoms with Crippen LogP contribution in [0.3, 0.4) is 0 Å². The molecule has 1 aromatic heterocycles. The van der Waals surface area contributed by atoms with Crippen molar-refractivity contribution in [1.82, 2.24) is 15.1 Å². The summed E-state index contributed by atoms with van der Waals surface area (Å²) in [6, 6.07) is 21.3. The zero-order valence-corrected chi connectivity index (χ0v) is 15.8. The van der Waals surface area contributed by atoms with Crippen molar-refractivity contribution >= 4 is 11.7 Å². The van der Waals surface area contributed by atoms with E-state index in [9.17, 15) is 4.79 Å². The highest BCUT2D eigenvalue weighted by atomic mass is 16.5. The first-order valence-electron chi connectivity index (χ1n) is 9.32. The fourth-order valence-corrected chi connectivity index (χ4v) is 3.39. The number of para-hydroxylation sites is 1. The highest BCUT2D eigenvalue weighted by Crippen LogP contribution is 2.22. The van der Waals surface area contributed by atoms with Crippen molar-refractivity contribution in [3.05, 3.63) is 72.3 Å². The van der Waals surface area contributed by atoms with Gasteiger partial charge in [0.2, 0.25) is 0 Å². The predicted molar refractivity (Wildman–Crippen MR) is 109 cm³/mol. The Kier molecular flexibility index (Phi) is 5.19. The molecule has 6 heteroatoms.